The molecule has 0 radical (unpaired) electrons. The molecule has 2 aromatic rings. The van der Waals surface area contributed by atoms with Gasteiger partial charge in [0.05, 0.1) is 0 Å². The monoisotopic (exact) mass is 370 g/mol. The van der Waals surface area contributed by atoms with Crippen molar-refractivity contribution in [2.24, 2.45) is 5.73 Å². The number of terminal acetylenes is 2. The predicted molar refractivity (Wildman–Crippen MR) is 99.9 cm³/mol. The van der Waals surface area contributed by atoms with Crippen molar-refractivity contribution in [3.05, 3.63) is 34.8 Å². The number of nitrogens with zero attached hydrogens (tertiary/aromatic N) is 3. The molecule has 1 aromatic carbocycles. The van der Waals surface area contributed by atoms with Gasteiger partial charge in [-0.1, -0.05) is 18.1 Å². The summed E-state index contributed by atoms with van der Waals surface area (Å²) in [6.45, 7) is 0.694. The maximum absolute atomic E-state index is 10.9. The van der Waals surface area contributed by atoms with E-state index in [0.717, 1.165) is 22.7 Å². The Morgan fingerprint density at radius 3 is 2.58 bits per heavy atom. The van der Waals surface area contributed by atoms with Crippen LogP contribution in [-0.2, 0) is 4.79 Å². The molecule has 3 rings (SSSR count). The summed E-state index contributed by atoms with van der Waals surface area (Å²) in [7, 11) is 1.69. The molecule has 1 atom stereocenters. The minimum Gasteiger partial charge on any atom is -0.383 e. The molecule has 8 heteroatoms. The van der Waals surface area contributed by atoms with E-state index in [1.807, 2.05) is 18.2 Å². The molecular formula is C18H18N4O3S. The number of hydrogen-bond acceptors (Lipinski definition) is 6. The van der Waals surface area contributed by atoms with Crippen molar-refractivity contribution in [3.8, 4) is 36.6 Å². The van der Waals surface area contributed by atoms with Gasteiger partial charge in [0.1, 0.15) is 6.10 Å². The minimum absolute atomic E-state index is 0.148. The maximum Gasteiger partial charge on any atom is 0.279 e. The molecule has 1 fully saturated rings. The first-order valence-corrected chi connectivity index (χ1v) is 8.16. The van der Waals surface area contributed by atoms with E-state index in [4.69, 9.17) is 17.3 Å². The summed E-state index contributed by atoms with van der Waals surface area (Å²) in [5.41, 5.74) is 6.62. The Morgan fingerprint density at radius 2 is 2.15 bits per heavy atom. The average molecular weight is 370 g/mol. The summed E-state index contributed by atoms with van der Waals surface area (Å²) in [5.74, 6) is 2.27. The standard InChI is InChI=1S/C11H7N3OS.C5H9NO2.C2H2/c1-2-7-4-3-5-8(6-7)10-13-11(9(12)15)16-14-10;1-6-3-2-4(7)5(6)8;1-2/h1,3-6H,(H2,12,15);4,7H,2-3H2,1H3;1-2H/t;4-;/m.0./s1. The molecule has 26 heavy (non-hydrogen) atoms. The van der Waals surface area contributed by atoms with Crippen molar-refractivity contribution in [2.75, 3.05) is 13.6 Å². The molecule has 0 saturated carbocycles. The lowest BCUT2D eigenvalue weighted by Crippen LogP contribution is -2.24. The fourth-order valence-electron chi connectivity index (χ4n) is 1.99. The van der Waals surface area contributed by atoms with Gasteiger partial charge in [-0.05, 0) is 30.1 Å². The number of aliphatic hydroxyl groups is 1. The van der Waals surface area contributed by atoms with Crippen LogP contribution < -0.4 is 5.73 Å². The number of rotatable bonds is 2. The normalized spacial score (nSPS) is 15.1. The average Bonchev–Trinajstić information content (AvgIpc) is 3.27. The van der Waals surface area contributed by atoms with Crippen LogP contribution in [0.25, 0.3) is 11.4 Å². The Balaban J connectivity index is 0.000000284. The summed E-state index contributed by atoms with van der Waals surface area (Å²) in [5, 5.41) is 8.97. The Kier molecular flexibility index (Phi) is 7.97. The number of hydrogen-bond donors (Lipinski definition) is 2. The Labute approximate surface area is 156 Å². The Morgan fingerprint density at radius 1 is 1.46 bits per heavy atom. The second-order valence-electron chi connectivity index (χ2n) is 5.08. The van der Waals surface area contributed by atoms with Crippen molar-refractivity contribution in [1.82, 2.24) is 14.3 Å². The molecule has 1 aliphatic heterocycles. The quantitative estimate of drug-likeness (QED) is 0.758. The molecule has 2 heterocycles. The van der Waals surface area contributed by atoms with Crippen molar-refractivity contribution >= 4 is 23.3 Å². The lowest BCUT2D eigenvalue weighted by molar-refractivity contribution is -0.133. The van der Waals surface area contributed by atoms with Gasteiger partial charge in [-0.3, -0.25) is 9.59 Å². The van der Waals surface area contributed by atoms with Crippen molar-refractivity contribution in [3.63, 3.8) is 0 Å². The lowest BCUT2D eigenvalue weighted by Gasteiger charge is -2.04. The minimum atomic E-state index is -0.722. The molecule has 2 amide bonds. The number of aliphatic hydroxyl groups excluding tert-OH is 1. The number of amides is 2. The second-order valence-corrected chi connectivity index (χ2v) is 5.83. The number of aromatic nitrogens is 2. The van der Waals surface area contributed by atoms with E-state index in [-0.39, 0.29) is 10.9 Å². The van der Waals surface area contributed by atoms with Crippen LogP contribution in [0.15, 0.2) is 24.3 Å². The van der Waals surface area contributed by atoms with Crippen LogP contribution in [0, 0.1) is 25.2 Å². The fourth-order valence-corrected chi connectivity index (χ4v) is 2.53. The van der Waals surface area contributed by atoms with E-state index in [2.05, 4.69) is 28.1 Å². The highest BCUT2D eigenvalue weighted by Gasteiger charge is 2.25. The Hall–Kier alpha value is -3.20. The number of likely N-dealkylation sites (N-methyl/N-ethyl adjacent to an activating group) is 1. The van der Waals surface area contributed by atoms with E-state index < -0.39 is 12.0 Å². The highest BCUT2D eigenvalue weighted by atomic mass is 32.1. The number of likely N-dealkylation sites (tertiary alicyclic amines) is 1. The van der Waals surface area contributed by atoms with Gasteiger partial charge in [0.2, 0.25) is 5.01 Å². The van der Waals surface area contributed by atoms with Crippen LogP contribution in [0.4, 0.5) is 0 Å². The van der Waals surface area contributed by atoms with Gasteiger partial charge in [-0.2, -0.15) is 4.37 Å². The van der Waals surface area contributed by atoms with E-state index >= 15 is 0 Å². The van der Waals surface area contributed by atoms with Crippen LogP contribution in [0.2, 0.25) is 0 Å². The van der Waals surface area contributed by atoms with Crippen LogP contribution >= 0.6 is 11.5 Å². The van der Waals surface area contributed by atoms with Gasteiger partial charge in [0.25, 0.3) is 11.8 Å². The highest BCUT2D eigenvalue weighted by molar-refractivity contribution is 7.07. The molecule has 0 aliphatic carbocycles. The van der Waals surface area contributed by atoms with Gasteiger partial charge < -0.3 is 15.7 Å². The van der Waals surface area contributed by atoms with Crippen LogP contribution in [-0.4, -0.2) is 50.9 Å². The first-order chi connectivity index (χ1) is 12.4. The predicted octanol–water partition coefficient (Wildman–Crippen LogP) is 0.744. The molecule has 7 nitrogen and oxygen atoms in total. The molecule has 1 aromatic heterocycles. The van der Waals surface area contributed by atoms with Gasteiger partial charge in [0, 0.05) is 24.7 Å². The SMILES string of the molecule is C#C.C#Cc1cccc(-c2nsc(C(N)=O)n2)c1.CN1CC[C@H](O)C1=O. The van der Waals surface area contributed by atoms with Crippen molar-refractivity contribution < 1.29 is 14.7 Å². The zero-order chi connectivity index (χ0) is 19.7. The molecule has 0 spiro atoms. The van der Waals surface area contributed by atoms with Crippen LogP contribution in [0.3, 0.4) is 0 Å². The van der Waals surface area contributed by atoms with E-state index in [0.29, 0.717) is 18.8 Å². The van der Waals surface area contributed by atoms with Gasteiger partial charge in [0.15, 0.2) is 5.82 Å². The van der Waals surface area contributed by atoms with E-state index in [1.165, 1.54) is 4.90 Å². The Bertz CT molecular complexity index is 826. The fraction of sp³-hybridized carbons (Fsp3) is 0.222. The van der Waals surface area contributed by atoms with Crippen molar-refractivity contribution in [1.29, 1.82) is 0 Å². The number of carbonyl (C=O) groups is 2. The summed E-state index contributed by atoms with van der Waals surface area (Å²) in [4.78, 5) is 27.0. The zero-order valence-electron chi connectivity index (χ0n) is 14.1. The second kappa shape index (κ2) is 9.94. The number of nitrogens with two attached hydrogens (primary N) is 1. The first kappa shape index (κ1) is 20.8. The molecule has 1 saturated heterocycles. The maximum atomic E-state index is 10.9. The smallest absolute Gasteiger partial charge is 0.279 e. The van der Waals surface area contributed by atoms with E-state index in [1.54, 1.807) is 13.1 Å². The molecule has 0 bridgehead atoms. The van der Waals surface area contributed by atoms with Gasteiger partial charge >= 0.3 is 0 Å². The summed E-state index contributed by atoms with van der Waals surface area (Å²) < 4.78 is 4.04. The largest absolute Gasteiger partial charge is 0.383 e. The summed E-state index contributed by atoms with van der Waals surface area (Å²) in [6.07, 6.45) is 13.2. The van der Waals surface area contributed by atoms with Gasteiger partial charge in [-0.25, -0.2) is 4.98 Å². The number of benzene rings is 1. The summed E-state index contributed by atoms with van der Waals surface area (Å²) >= 11 is 0.979. The van der Waals surface area contributed by atoms with Gasteiger partial charge in [-0.15, -0.1) is 19.3 Å². The molecule has 1 aliphatic rings. The molecular weight excluding hydrogens is 352 g/mol. The molecule has 3 N–H and O–H groups in total. The molecule has 134 valence electrons. The molecule has 0 unspecified atom stereocenters. The third-order valence-corrected chi connectivity index (χ3v) is 4.05. The third kappa shape index (κ3) is 5.42. The van der Waals surface area contributed by atoms with Crippen LogP contribution in [0.1, 0.15) is 21.8 Å². The third-order valence-electron chi connectivity index (χ3n) is 3.32. The van der Waals surface area contributed by atoms with Crippen LogP contribution in [0.5, 0.6) is 0 Å². The van der Waals surface area contributed by atoms with Crippen molar-refractivity contribution in [2.45, 2.75) is 12.5 Å². The topological polar surface area (TPSA) is 109 Å². The zero-order valence-corrected chi connectivity index (χ0v) is 14.9. The summed E-state index contributed by atoms with van der Waals surface area (Å²) in [6, 6.07) is 7.24. The lowest BCUT2D eigenvalue weighted by atomic mass is 10.1. The van der Waals surface area contributed by atoms with E-state index in [9.17, 15) is 9.59 Å². The number of primary amides is 1. The highest BCUT2D eigenvalue weighted by Crippen LogP contribution is 2.18. The first-order valence-electron chi connectivity index (χ1n) is 7.39. The number of carbonyl (C=O) groups excluding carboxylic acids is 2.